The average molecular weight is 202 g/mol. The van der Waals surface area contributed by atoms with Gasteiger partial charge in [0.25, 0.3) is 0 Å². The molecule has 80 valence electrons. The zero-order valence-corrected chi connectivity index (χ0v) is 9.08. The lowest BCUT2D eigenvalue weighted by molar-refractivity contribution is 0.154. The van der Waals surface area contributed by atoms with E-state index in [0.717, 1.165) is 19.0 Å². The van der Waals surface area contributed by atoms with Gasteiger partial charge < -0.3 is 5.32 Å². The Kier molecular flexibility index (Phi) is 2.47. The zero-order chi connectivity index (χ0) is 10.1. The van der Waals surface area contributed by atoms with Crippen molar-refractivity contribution in [2.24, 2.45) is 0 Å². The first-order valence-corrected chi connectivity index (χ1v) is 5.93. The average Bonchev–Trinajstić information content (AvgIpc) is 2.39. The molecule has 1 aliphatic carbocycles. The van der Waals surface area contributed by atoms with Crippen LogP contribution in [0.1, 0.15) is 12.8 Å². The van der Waals surface area contributed by atoms with E-state index in [0.29, 0.717) is 0 Å². The van der Waals surface area contributed by atoms with Crippen LogP contribution in [-0.4, -0.2) is 37.1 Å². The van der Waals surface area contributed by atoms with Gasteiger partial charge in [-0.25, -0.2) is 0 Å². The Balaban J connectivity index is 1.77. The van der Waals surface area contributed by atoms with Crippen LogP contribution < -0.4 is 5.32 Å². The third-order valence-electron chi connectivity index (χ3n) is 3.64. The van der Waals surface area contributed by atoms with Gasteiger partial charge in [0.1, 0.15) is 0 Å². The molecule has 3 aliphatic rings. The second-order valence-electron chi connectivity index (χ2n) is 4.62. The van der Waals surface area contributed by atoms with Gasteiger partial charge in [0.05, 0.1) is 0 Å². The Labute approximate surface area is 91.3 Å². The third-order valence-corrected chi connectivity index (χ3v) is 3.64. The lowest BCUT2D eigenvalue weighted by atomic mass is 9.97. The van der Waals surface area contributed by atoms with E-state index >= 15 is 0 Å². The third kappa shape index (κ3) is 1.80. The predicted molar refractivity (Wildman–Crippen MR) is 62.8 cm³/mol. The van der Waals surface area contributed by atoms with Gasteiger partial charge in [-0.3, -0.25) is 4.90 Å². The first-order valence-electron chi connectivity index (χ1n) is 5.93. The van der Waals surface area contributed by atoms with E-state index in [4.69, 9.17) is 0 Å². The van der Waals surface area contributed by atoms with Crippen LogP contribution in [0.2, 0.25) is 0 Å². The van der Waals surface area contributed by atoms with Crippen molar-refractivity contribution < 1.29 is 0 Å². The minimum absolute atomic E-state index is 0.791. The summed E-state index contributed by atoms with van der Waals surface area (Å²) in [7, 11) is 0. The maximum absolute atomic E-state index is 3.35. The summed E-state index contributed by atoms with van der Waals surface area (Å²) in [6.07, 6.45) is 11.5. The van der Waals surface area contributed by atoms with Crippen LogP contribution in [0.3, 0.4) is 0 Å². The maximum Gasteiger partial charge on any atom is 0.0349 e. The monoisotopic (exact) mass is 202 g/mol. The minimum Gasteiger partial charge on any atom is -0.314 e. The molecular formula is C13H18N2. The summed E-state index contributed by atoms with van der Waals surface area (Å²) < 4.78 is 0. The molecule has 0 amide bonds. The molecular weight excluding hydrogens is 184 g/mol. The largest absolute Gasteiger partial charge is 0.314 e. The first kappa shape index (κ1) is 9.37. The summed E-state index contributed by atoms with van der Waals surface area (Å²) in [5, 5.41) is 3.35. The fourth-order valence-corrected chi connectivity index (χ4v) is 2.52. The smallest absolute Gasteiger partial charge is 0.0349 e. The van der Waals surface area contributed by atoms with E-state index < -0.39 is 0 Å². The fourth-order valence-electron chi connectivity index (χ4n) is 2.52. The molecule has 0 radical (unpaired) electrons. The number of nitrogens with zero attached hydrogens (tertiary/aromatic N) is 1. The highest BCUT2D eigenvalue weighted by atomic mass is 15.2. The van der Waals surface area contributed by atoms with Crippen molar-refractivity contribution in [1.29, 1.82) is 0 Å². The topological polar surface area (TPSA) is 15.3 Å². The molecule has 0 aromatic rings. The van der Waals surface area contributed by atoms with Crippen molar-refractivity contribution in [3.05, 3.63) is 35.5 Å². The molecule has 3 rings (SSSR count). The van der Waals surface area contributed by atoms with E-state index in [-0.39, 0.29) is 0 Å². The molecule has 0 saturated carbocycles. The molecule has 0 aromatic heterocycles. The first-order chi connectivity index (χ1) is 7.43. The maximum atomic E-state index is 3.35. The van der Waals surface area contributed by atoms with Crippen LogP contribution in [0, 0.1) is 0 Å². The number of rotatable bonds is 1. The number of allylic oxidation sites excluding steroid dienone is 3. The highest BCUT2D eigenvalue weighted by Gasteiger charge is 2.27. The summed E-state index contributed by atoms with van der Waals surface area (Å²) in [5.41, 5.74) is 3.11. The second kappa shape index (κ2) is 3.95. The molecule has 1 saturated heterocycles. The van der Waals surface area contributed by atoms with E-state index in [1.54, 1.807) is 11.1 Å². The molecule has 0 atom stereocenters. The van der Waals surface area contributed by atoms with Gasteiger partial charge in [-0.15, -0.1) is 0 Å². The Morgan fingerprint density at radius 2 is 1.93 bits per heavy atom. The molecule has 1 N–H and O–H groups in total. The molecule has 2 heteroatoms. The number of hydrogen-bond acceptors (Lipinski definition) is 2. The predicted octanol–water partition coefficient (Wildman–Crippen LogP) is 1.48. The zero-order valence-electron chi connectivity index (χ0n) is 9.08. The van der Waals surface area contributed by atoms with Crippen LogP contribution in [0.15, 0.2) is 35.5 Å². The Morgan fingerprint density at radius 1 is 1.13 bits per heavy atom. The summed E-state index contributed by atoms with van der Waals surface area (Å²) >= 11 is 0. The number of nitrogens with one attached hydrogen (secondary N) is 1. The molecule has 2 heterocycles. The molecule has 2 nitrogen and oxygen atoms in total. The van der Waals surface area contributed by atoms with E-state index in [1.165, 1.54) is 26.1 Å². The fraction of sp³-hybridized carbons (Fsp3) is 0.538. The highest BCUT2D eigenvalue weighted by molar-refractivity contribution is 5.38. The SMILES string of the molecule is C1=CC2=C(C=CC1)CN(C1CNC1)CC2. The summed E-state index contributed by atoms with van der Waals surface area (Å²) in [4.78, 5) is 2.62. The minimum atomic E-state index is 0.791. The molecule has 0 unspecified atom stereocenters. The van der Waals surface area contributed by atoms with Crippen molar-refractivity contribution in [1.82, 2.24) is 10.2 Å². The van der Waals surface area contributed by atoms with Crippen LogP contribution in [0.5, 0.6) is 0 Å². The Bertz CT molecular complexity index is 334. The lowest BCUT2D eigenvalue weighted by Gasteiger charge is -2.41. The van der Waals surface area contributed by atoms with Crippen LogP contribution in [0.25, 0.3) is 0 Å². The number of hydrogen-bond donors (Lipinski definition) is 1. The van der Waals surface area contributed by atoms with Crippen molar-refractivity contribution in [3.8, 4) is 0 Å². The van der Waals surface area contributed by atoms with Gasteiger partial charge in [-0.05, 0) is 24.0 Å². The van der Waals surface area contributed by atoms with E-state index in [2.05, 4.69) is 34.5 Å². The highest BCUT2D eigenvalue weighted by Crippen LogP contribution is 2.24. The van der Waals surface area contributed by atoms with Gasteiger partial charge in [0, 0.05) is 32.2 Å². The van der Waals surface area contributed by atoms with Crippen LogP contribution in [-0.2, 0) is 0 Å². The second-order valence-corrected chi connectivity index (χ2v) is 4.62. The molecule has 0 spiro atoms. The van der Waals surface area contributed by atoms with Gasteiger partial charge in [-0.2, -0.15) is 0 Å². The standard InChI is InChI=1S/C13H18N2/c1-2-4-11-6-7-15(13-8-14-9-13)10-12(11)5-3-1/h2-5,13-14H,1,6-10H2. The van der Waals surface area contributed by atoms with Crippen molar-refractivity contribution in [3.63, 3.8) is 0 Å². The summed E-state index contributed by atoms with van der Waals surface area (Å²) in [6.45, 7) is 4.76. The van der Waals surface area contributed by atoms with Crippen LogP contribution in [0.4, 0.5) is 0 Å². The van der Waals surface area contributed by atoms with Gasteiger partial charge >= 0.3 is 0 Å². The molecule has 2 aliphatic heterocycles. The van der Waals surface area contributed by atoms with Gasteiger partial charge in [-0.1, -0.05) is 24.3 Å². The quantitative estimate of drug-likeness (QED) is 0.693. The molecule has 0 aromatic carbocycles. The van der Waals surface area contributed by atoms with Crippen molar-refractivity contribution >= 4 is 0 Å². The van der Waals surface area contributed by atoms with Crippen molar-refractivity contribution in [2.75, 3.05) is 26.2 Å². The Hall–Kier alpha value is -0.860. The Morgan fingerprint density at radius 3 is 2.67 bits per heavy atom. The van der Waals surface area contributed by atoms with E-state index in [1.807, 2.05) is 0 Å². The van der Waals surface area contributed by atoms with Gasteiger partial charge in [0.2, 0.25) is 0 Å². The van der Waals surface area contributed by atoms with Gasteiger partial charge in [0.15, 0.2) is 0 Å². The van der Waals surface area contributed by atoms with E-state index in [9.17, 15) is 0 Å². The van der Waals surface area contributed by atoms with Crippen molar-refractivity contribution in [2.45, 2.75) is 18.9 Å². The summed E-state index contributed by atoms with van der Waals surface area (Å²) in [6, 6.07) is 0.791. The molecule has 15 heavy (non-hydrogen) atoms. The molecule has 1 fully saturated rings. The lowest BCUT2D eigenvalue weighted by Crippen LogP contribution is -2.58. The van der Waals surface area contributed by atoms with Crippen LogP contribution >= 0.6 is 0 Å². The summed E-state index contributed by atoms with van der Waals surface area (Å²) in [5.74, 6) is 0. The molecule has 0 bridgehead atoms. The normalized spacial score (nSPS) is 27.5.